The first-order valence-corrected chi connectivity index (χ1v) is 4.81. The molecule has 1 aliphatic rings. The van der Waals surface area contributed by atoms with E-state index >= 15 is 0 Å². The molecular weight excluding hydrogens is 152 g/mol. The largest absolute Gasteiger partial charge is 0.396 e. The van der Waals surface area contributed by atoms with Gasteiger partial charge in [0.15, 0.2) is 0 Å². The molecule has 0 unspecified atom stereocenters. The van der Waals surface area contributed by atoms with Gasteiger partial charge in [-0.1, -0.05) is 6.92 Å². The summed E-state index contributed by atoms with van der Waals surface area (Å²) < 4.78 is 0. The molecule has 1 aliphatic heterocycles. The quantitative estimate of drug-likeness (QED) is 0.622. The highest BCUT2D eigenvalue weighted by Crippen LogP contribution is 2.21. The molecule has 3 nitrogen and oxygen atoms in total. The van der Waals surface area contributed by atoms with Crippen LogP contribution < -0.4 is 5.73 Å². The highest BCUT2D eigenvalue weighted by atomic mass is 16.3. The van der Waals surface area contributed by atoms with Crippen LogP contribution in [0.3, 0.4) is 0 Å². The zero-order chi connectivity index (χ0) is 8.97. The molecule has 0 aromatic rings. The minimum absolute atomic E-state index is 0.334. The molecule has 0 amide bonds. The van der Waals surface area contributed by atoms with Crippen molar-refractivity contribution < 1.29 is 5.11 Å². The number of likely N-dealkylation sites (tertiary alicyclic amines) is 1. The van der Waals surface area contributed by atoms with Gasteiger partial charge in [-0.15, -0.1) is 0 Å². The predicted octanol–water partition coefficient (Wildman–Crippen LogP) is -0.105. The number of nitrogens with zero attached hydrogens (tertiary/aromatic N) is 1. The molecule has 0 radical (unpaired) electrons. The highest BCUT2D eigenvalue weighted by molar-refractivity contribution is 4.80. The topological polar surface area (TPSA) is 49.5 Å². The molecule has 0 bridgehead atoms. The minimum Gasteiger partial charge on any atom is -0.396 e. The van der Waals surface area contributed by atoms with Crippen LogP contribution in [0.1, 0.15) is 13.3 Å². The van der Waals surface area contributed by atoms with Gasteiger partial charge >= 0.3 is 0 Å². The monoisotopic (exact) mass is 172 g/mol. The number of hydrogen-bond donors (Lipinski definition) is 2. The molecule has 72 valence electrons. The Bertz CT molecular complexity index is 130. The van der Waals surface area contributed by atoms with E-state index in [9.17, 15) is 0 Å². The summed E-state index contributed by atoms with van der Waals surface area (Å²) in [4.78, 5) is 2.40. The Morgan fingerprint density at radius 3 is 2.75 bits per heavy atom. The lowest BCUT2D eigenvalue weighted by Gasteiger charge is -2.13. The molecule has 0 aromatic heterocycles. The van der Waals surface area contributed by atoms with E-state index in [1.54, 1.807) is 0 Å². The van der Waals surface area contributed by atoms with Crippen molar-refractivity contribution in [3.63, 3.8) is 0 Å². The molecular formula is C9H20N2O. The normalized spacial score (nSPS) is 31.2. The van der Waals surface area contributed by atoms with Crippen molar-refractivity contribution in [2.75, 3.05) is 32.8 Å². The summed E-state index contributed by atoms with van der Waals surface area (Å²) in [6.07, 6.45) is 1.07. The Morgan fingerprint density at radius 1 is 1.50 bits per heavy atom. The standard InChI is InChI=1S/C9H20N2O/c1-8-5-11(4-2-3-10)6-9(8)7-12/h8-9,12H,2-7,10H2,1H3/t8-,9+/m1/s1. The summed E-state index contributed by atoms with van der Waals surface area (Å²) in [5.74, 6) is 1.13. The third kappa shape index (κ3) is 2.44. The first-order valence-electron chi connectivity index (χ1n) is 4.81. The maximum atomic E-state index is 9.03. The van der Waals surface area contributed by atoms with E-state index in [4.69, 9.17) is 10.8 Å². The summed E-state index contributed by atoms with van der Waals surface area (Å²) in [5.41, 5.74) is 5.43. The Labute approximate surface area is 74.5 Å². The molecule has 0 aliphatic carbocycles. The molecule has 1 heterocycles. The number of nitrogens with two attached hydrogens (primary N) is 1. The van der Waals surface area contributed by atoms with Gasteiger partial charge in [0, 0.05) is 19.7 Å². The highest BCUT2D eigenvalue weighted by Gasteiger charge is 2.27. The van der Waals surface area contributed by atoms with Gasteiger partial charge in [-0.05, 0) is 31.3 Å². The number of aliphatic hydroxyl groups excluding tert-OH is 1. The second-order valence-corrected chi connectivity index (χ2v) is 3.82. The lowest BCUT2D eigenvalue weighted by Crippen LogP contribution is -2.24. The summed E-state index contributed by atoms with van der Waals surface area (Å²) in [6, 6.07) is 0. The number of aliphatic hydroxyl groups is 1. The number of rotatable bonds is 4. The zero-order valence-corrected chi connectivity index (χ0v) is 7.87. The Balaban J connectivity index is 2.23. The van der Waals surface area contributed by atoms with E-state index in [1.807, 2.05) is 0 Å². The first-order chi connectivity index (χ1) is 5.77. The van der Waals surface area contributed by atoms with E-state index in [-0.39, 0.29) is 0 Å². The Kier molecular flexibility index (Phi) is 3.98. The summed E-state index contributed by atoms with van der Waals surface area (Å²) in [7, 11) is 0. The van der Waals surface area contributed by atoms with Gasteiger partial charge in [-0.3, -0.25) is 0 Å². The molecule has 0 spiro atoms. The second kappa shape index (κ2) is 4.80. The second-order valence-electron chi connectivity index (χ2n) is 3.82. The molecule has 1 fully saturated rings. The fourth-order valence-electron chi connectivity index (χ4n) is 1.88. The van der Waals surface area contributed by atoms with Crippen molar-refractivity contribution in [3.05, 3.63) is 0 Å². The van der Waals surface area contributed by atoms with Crippen LogP contribution in [0.25, 0.3) is 0 Å². The molecule has 1 rings (SSSR count). The van der Waals surface area contributed by atoms with E-state index in [0.717, 1.165) is 32.6 Å². The van der Waals surface area contributed by atoms with Gasteiger partial charge in [0.05, 0.1) is 0 Å². The maximum absolute atomic E-state index is 9.03. The van der Waals surface area contributed by atoms with Gasteiger partial charge in [-0.25, -0.2) is 0 Å². The lowest BCUT2D eigenvalue weighted by molar-refractivity contribution is 0.205. The molecule has 2 atom stereocenters. The maximum Gasteiger partial charge on any atom is 0.0474 e. The third-order valence-corrected chi connectivity index (χ3v) is 2.76. The molecule has 0 saturated carbocycles. The molecule has 0 aromatic carbocycles. The fourth-order valence-corrected chi connectivity index (χ4v) is 1.88. The van der Waals surface area contributed by atoms with Crippen LogP contribution in [-0.2, 0) is 0 Å². The summed E-state index contributed by atoms with van der Waals surface area (Å²) >= 11 is 0. The van der Waals surface area contributed by atoms with Gasteiger partial charge in [-0.2, -0.15) is 0 Å². The molecule has 1 saturated heterocycles. The first kappa shape index (κ1) is 9.96. The van der Waals surface area contributed by atoms with Crippen LogP contribution in [0.2, 0.25) is 0 Å². The smallest absolute Gasteiger partial charge is 0.0474 e. The average Bonchev–Trinajstić information content (AvgIpc) is 2.43. The summed E-state index contributed by atoms with van der Waals surface area (Å²) in [5, 5.41) is 9.03. The van der Waals surface area contributed by atoms with E-state index in [1.165, 1.54) is 0 Å². The van der Waals surface area contributed by atoms with Gasteiger partial charge < -0.3 is 15.7 Å². The number of hydrogen-bond acceptors (Lipinski definition) is 3. The molecule has 3 N–H and O–H groups in total. The fraction of sp³-hybridized carbons (Fsp3) is 1.00. The van der Waals surface area contributed by atoms with Crippen LogP contribution in [0.4, 0.5) is 0 Å². The van der Waals surface area contributed by atoms with Crippen molar-refractivity contribution in [1.29, 1.82) is 0 Å². The predicted molar refractivity (Wildman–Crippen MR) is 49.9 cm³/mol. The van der Waals surface area contributed by atoms with Gasteiger partial charge in [0.2, 0.25) is 0 Å². The van der Waals surface area contributed by atoms with Crippen molar-refractivity contribution in [1.82, 2.24) is 4.90 Å². The van der Waals surface area contributed by atoms with E-state index in [2.05, 4.69) is 11.8 Å². The Morgan fingerprint density at radius 2 is 2.25 bits per heavy atom. The van der Waals surface area contributed by atoms with Crippen LogP contribution in [0.5, 0.6) is 0 Å². The molecule has 12 heavy (non-hydrogen) atoms. The van der Waals surface area contributed by atoms with Crippen LogP contribution in [0.15, 0.2) is 0 Å². The average molecular weight is 172 g/mol. The van der Waals surface area contributed by atoms with E-state index in [0.29, 0.717) is 18.4 Å². The Hall–Kier alpha value is -0.120. The van der Waals surface area contributed by atoms with Crippen LogP contribution in [0, 0.1) is 11.8 Å². The van der Waals surface area contributed by atoms with Gasteiger partial charge in [0.1, 0.15) is 0 Å². The zero-order valence-electron chi connectivity index (χ0n) is 7.87. The van der Waals surface area contributed by atoms with E-state index < -0.39 is 0 Å². The minimum atomic E-state index is 0.334. The van der Waals surface area contributed by atoms with Crippen molar-refractivity contribution in [2.45, 2.75) is 13.3 Å². The molecule has 3 heteroatoms. The SMILES string of the molecule is C[C@@H]1CN(CCCN)C[C@H]1CO. The van der Waals surface area contributed by atoms with Gasteiger partial charge in [0.25, 0.3) is 0 Å². The third-order valence-electron chi connectivity index (χ3n) is 2.76. The van der Waals surface area contributed by atoms with Crippen molar-refractivity contribution >= 4 is 0 Å². The van der Waals surface area contributed by atoms with Crippen LogP contribution in [-0.4, -0.2) is 42.8 Å². The van der Waals surface area contributed by atoms with Crippen molar-refractivity contribution in [3.8, 4) is 0 Å². The van der Waals surface area contributed by atoms with Crippen molar-refractivity contribution in [2.24, 2.45) is 17.6 Å². The van der Waals surface area contributed by atoms with Crippen LogP contribution >= 0.6 is 0 Å². The lowest BCUT2D eigenvalue weighted by atomic mass is 10.00. The summed E-state index contributed by atoms with van der Waals surface area (Å²) in [6.45, 7) is 6.60.